The molecule has 1 aromatic carbocycles. The van der Waals surface area contributed by atoms with E-state index in [1.807, 2.05) is 42.5 Å². The summed E-state index contributed by atoms with van der Waals surface area (Å²) in [5.41, 5.74) is 0.985. The minimum atomic E-state index is 0.0684. The Balaban J connectivity index is 1.87. The second kappa shape index (κ2) is 6.50. The van der Waals surface area contributed by atoms with Crippen molar-refractivity contribution < 1.29 is 9.15 Å². The van der Waals surface area contributed by atoms with Gasteiger partial charge in [-0.05, 0) is 36.4 Å². The number of nitrogens with one attached hydrogen (secondary N) is 1. The Labute approximate surface area is 112 Å². The molecule has 1 aromatic heterocycles. The van der Waals surface area contributed by atoms with Crippen LogP contribution in [0.5, 0.6) is 5.75 Å². The van der Waals surface area contributed by atoms with Crippen molar-refractivity contribution in [1.82, 2.24) is 0 Å². The second-order valence-corrected chi connectivity index (χ2v) is 4.05. The Bertz CT molecular complexity index is 552. The van der Waals surface area contributed by atoms with Gasteiger partial charge in [0.2, 0.25) is 0 Å². The first kappa shape index (κ1) is 13.0. The van der Waals surface area contributed by atoms with E-state index in [0.29, 0.717) is 12.3 Å². The van der Waals surface area contributed by atoms with Crippen LogP contribution >= 0.6 is 0 Å². The normalized spacial score (nSPS) is 9.89. The van der Waals surface area contributed by atoms with Gasteiger partial charge in [-0.25, -0.2) is 0 Å². The first-order chi connectivity index (χ1) is 9.31. The van der Waals surface area contributed by atoms with Crippen molar-refractivity contribution in [2.24, 2.45) is 0 Å². The molecule has 2 aromatic rings. The van der Waals surface area contributed by atoms with E-state index in [0.717, 1.165) is 23.6 Å². The van der Waals surface area contributed by atoms with Crippen LogP contribution in [0.15, 0.2) is 40.8 Å². The molecule has 0 aliphatic rings. The summed E-state index contributed by atoms with van der Waals surface area (Å²) in [6.45, 7) is 2.79. The maximum Gasteiger partial charge on any atom is 0.174 e. The van der Waals surface area contributed by atoms with E-state index >= 15 is 0 Å². The van der Waals surface area contributed by atoms with Gasteiger partial charge in [0.25, 0.3) is 0 Å². The summed E-state index contributed by atoms with van der Waals surface area (Å²) in [4.78, 5) is 0. The lowest BCUT2D eigenvalue weighted by atomic mass is 10.3. The van der Waals surface area contributed by atoms with Crippen LogP contribution < -0.4 is 10.1 Å². The minimum Gasteiger partial charge on any atom is -0.479 e. The van der Waals surface area contributed by atoms with Crippen LogP contribution in [0.25, 0.3) is 0 Å². The van der Waals surface area contributed by atoms with E-state index < -0.39 is 0 Å². The first-order valence-corrected chi connectivity index (χ1v) is 6.23. The highest BCUT2D eigenvalue weighted by atomic mass is 16.5. The topological polar surface area (TPSA) is 58.2 Å². The van der Waals surface area contributed by atoms with Crippen LogP contribution in [0.2, 0.25) is 0 Å². The molecule has 2 rings (SSSR count). The van der Waals surface area contributed by atoms with Crippen molar-refractivity contribution in [3.63, 3.8) is 0 Å². The van der Waals surface area contributed by atoms with Crippen molar-refractivity contribution in [2.45, 2.75) is 19.9 Å². The molecule has 98 valence electrons. The Morgan fingerprint density at radius 2 is 1.89 bits per heavy atom. The van der Waals surface area contributed by atoms with Crippen LogP contribution in [-0.4, -0.2) is 6.61 Å². The van der Waals surface area contributed by atoms with Crippen molar-refractivity contribution in [3.05, 3.63) is 47.9 Å². The van der Waals surface area contributed by atoms with E-state index in [2.05, 4.69) is 12.2 Å². The van der Waals surface area contributed by atoms with E-state index in [9.17, 15) is 0 Å². The Hall–Kier alpha value is -2.41. The lowest BCUT2D eigenvalue weighted by molar-refractivity contribution is 0.368. The zero-order valence-corrected chi connectivity index (χ0v) is 10.8. The fraction of sp³-hybridized carbons (Fsp3) is 0.267. The van der Waals surface area contributed by atoms with Gasteiger partial charge in [0.1, 0.15) is 23.3 Å². The number of aryl methyl sites for hydroxylation is 1. The number of rotatable bonds is 6. The lowest BCUT2D eigenvalue weighted by Gasteiger charge is -2.06. The molecule has 0 fully saturated rings. The average Bonchev–Trinajstić information content (AvgIpc) is 2.92. The summed E-state index contributed by atoms with van der Waals surface area (Å²) in [7, 11) is 0. The molecule has 4 heteroatoms. The van der Waals surface area contributed by atoms with Gasteiger partial charge >= 0.3 is 0 Å². The molecule has 0 saturated carbocycles. The Morgan fingerprint density at radius 3 is 2.53 bits per heavy atom. The van der Waals surface area contributed by atoms with Gasteiger partial charge in [-0.15, -0.1) is 0 Å². The van der Waals surface area contributed by atoms with E-state index in [4.69, 9.17) is 14.4 Å². The van der Waals surface area contributed by atoms with Crippen LogP contribution in [0, 0.1) is 11.3 Å². The van der Waals surface area contributed by atoms with Crippen LogP contribution in [0.4, 0.5) is 5.69 Å². The molecular formula is C15H16N2O2. The smallest absolute Gasteiger partial charge is 0.174 e. The van der Waals surface area contributed by atoms with Gasteiger partial charge in [-0.3, -0.25) is 0 Å². The summed E-state index contributed by atoms with van der Waals surface area (Å²) < 4.78 is 10.8. The Kier molecular flexibility index (Phi) is 4.46. The number of nitriles is 1. The van der Waals surface area contributed by atoms with Gasteiger partial charge in [0.05, 0.1) is 6.54 Å². The number of benzene rings is 1. The van der Waals surface area contributed by atoms with Crippen molar-refractivity contribution >= 4 is 5.69 Å². The first-order valence-electron chi connectivity index (χ1n) is 6.23. The summed E-state index contributed by atoms with van der Waals surface area (Å²) in [5, 5.41) is 11.7. The number of hydrogen-bond donors (Lipinski definition) is 1. The van der Waals surface area contributed by atoms with Crippen molar-refractivity contribution in [2.75, 3.05) is 11.9 Å². The predicted molar refractivity (Wildman–Crippen MR) is 73.0 cm³/mol. The number of furan rings is 1. The summed E-state index contributed by atoms with van der Waals surface area (Å²) in [5.74, 6) is 2.61. The second-order valence-electron chi connectivity index (χ2n) is 4.05. The maximum atomic E-state index is 8.42. The molecule has 0 radical (unpaired) electrons. The minimum absolute atomic E-state index is 0.0684. The SMILES string of the molecule is CCc1ccc(CNc2ccc(OCC#N)cc2)o1. The van der Waals surface area contributed by atoms with Crippen LogP contribution in [0.1, 0.15) is 18.4 Å². The monoisotopic (exact) mass is 256 g/mol. The highest BCUT2D eigenvalue weighted by Gasteiger charge is 2.00. The van der Waals surface area contributed by atoms with Crippen molar-refractivity contribution in [3.8, 4) is 11.8 Å². The largest absolute Gasteiger partial charge is 0.479 e. The number of ether oxygens (including phenoxy) is 1. The van der Waals surface area contributed by atoms with Crippen LogP contribution in [-0.2, 0) is 13.0 Å². The molecule has 19 heavy (non-hydrogen) atoms. The number of hydrogen-bond acceptors (Lipinski definition) is 4. The molecule has 0 aliphatic heterocycles. The van der Waals surface area contributed by atoms with Gasteiger partial charge in [-0.2, -0.15) is 5.26 Å². The lowest BCUT2D eigenvalue weighted by Crippen LogP contribution is -1.98. The third-order valence-electron chi connectivity index (χ3n) is 2.69. The molecule has 1 N–H and O–H groups in total. The molecule has 0 aliphatic carbocycles. The molecule has 0 bridgehead atoms. The van der Waals surface area contributed by atoms with E-state index in [1.165, 1.54) is 0 Å². The highest BCUT2D eigenvalue weighted by molar-refractivity contribution is 5.46. The molecule has 0 atom stereocenters. The molecule has 0 amide bonds. The highest BCUT2D eigenvalue weighted by Crippen LogP contribution is 2.17. The molecular weight excluding hydrogens is 240 g/mol. The summed E-state index contributed by atoms with van der Waals surface area (Å²) >= 11 is 0. The number of anilines is 1. The quantitative estimate of drug-likeness (QED) is 0.861. The number of nitrogens with zero attached hydrogens (tertiary/aromatic N) is 1. The average molecular weight is 256 g/mol. The van der Waals surface area contributed by atoms with E-state index in [-0.39, 0.29) is 6.61 Å². The predicted octanol–water partition coefficient (Wildman–Crippen LogP) is 3.36. The fourth-order valence-electron chi connectivity index (χ4n) is 1.68. The van der Waals surface area contributed by atoms with Gasteiger partial charge in [-0.1, -0.05) is 6.92 Å². The van der Waals surface area contributed by atoms with Gasteiger partial charge < -0.3 is 14.5 Å². The summed E-state index contributed by atoms with van der Waals surface area (Å²) in [6, 6.07) is 13.4. The Morgan fingerprint density at radius 1 is 1.16 bits per heavy atom. The van der Waals surface area contributed by atoms with Gasteiger partial charge in [0, 0.05) is 12.1 Å². The van der Waals surface area contributed by atoms with Crippen LogP contribution in [0.3, 0.4) is 0 Å². The third-order valence-corrected chi connectivity index (χ3v) is 2.69. The standard InChI is InChI=1S/C15H16N2O2/c1-2-13-7-8-15(19-13)11-17-12-3-5-14(6-4-12)18-10-9-16/h3-8,17H,2,10-11H2,1H3. The van der Waals surface area contributed by atoms with Gasteiger partial charge in [0.15, 0.2) is 6.61 Å². The van der Waals surface area contributed by atoms with E-state index in [1.54, 1.807) is 0 Å². The zero-order chi connectivity index (χ0) is 13.5. The molecule has 0 saturated heterocycles. The third kappa shape index (κ3) is 3.78. The molecule has 4 nitrogen and oxygen atoms in total. The van der Waals surface area contributed by atoms with Crippen molar-refractivity contribution in [1.29, 1.82) is 5.26 Å². The summed E-state index contributed by atoms with van der Waals surface area (Å²) in [6.07, 6.45) is 0.908. The molecule has 1 heterocycles. The molecule has 0 spiro atoms. The zero-order valence-electron chi connectivity index (χ0n) is 10.8. The maximum absolute atomic E-state index is 8.42. The molecule has 0 unspecified atom stereocenters. The fourth-order valence-corrected chi connectivity index (χ4v) is 1.68.